The van der Waals surface area contributed by atoms with Gasteiger partial charge in [0.2, 0.25) is 5.88 Å². The molecule has 1 aliphatic rings. The maximum Gasteiger partial charge on any atom is 0.315 e. The quantitative estimate of drug-likeness (QED) is 0.897. The van der Waals surface area contributed by atoms with E-state index in [-0.39, 0.29) is 12.1 Å². The number of hydrogen-bond acceptors (Lipinski definition) is 3. The Hall–Kier alpha value is -1.72. The van der Waals surface area contributed by atoms with E-state index in [1.807, 2.05) is 14.0 Å². The van der Waals surface area contributed by atoms with Crippen molar-refractivity contribution in [2.75, 3.05) is 7.11 Å². The van der Waals surface area contributed by atoms with Crippen molar-refractivity contribution in [3.8, 4) is 5.88 Å². The van der Waals surface area contributed by atoms with Crippen LogP contribution in [0.1, 0.15) is 44.4 Å². The van der Waals surface area contributed by atoms with E-state index in [4.69, 9.17) is 4.74 Å². The molecule has 1 aromatic heterocycles. The predicted molar refractivity (Wildman–Crippen MR) is 85.8 cm³/mol. The minimum atomic E-state index is -0.114. The molecule has 2 amide bonds. The Bertz CT molecular complexity index is 526. The van der Waals surface area contributed by atoms with Crippen LogP contribution in [0.15, 0.2) is 0 Å². The zero-order valence-electron chi connectivity index (χ0n) is 14.3. The smallest absolute Gasteiger partial charge is 0.315 e. The van der Waals surface area contributed by atoms with Crippen LogP contribution in [-0.2, 0) is 13.6 Å². The largest absolute Gasteiger partial charge is 0.481 e. The average molecular weight is 308 g/mol. The maximum atomic E-state index is 12.1. The lowest BCUT2D eigenvalue weighted by Crippen LogP contribution is -2.46. The molecule has 124 valence electrons. The van der Waals surface area contributed by atoms with Gasteiger partial charge in [0.25, 0.3) is 0 Å². The molecule has 0 aliphatic heterocycles. The van der Waals surface area contributed by atoms with Gasteiger partial charge in [-0.2, -0.15) is 5.10 Å². The second kappa shape index (κ2) is 7.03. The van der Waals surface area contributed by atoms with Crippen molar-refractivity contribution in [2.24, 2.45) is 18.9 Å². The summed E-state index contributed by atoms with van der Waals surface area (Å²) in [6.45, 7) is 6.84. The summed E-state index contributed by atoms with van der Waals surface area (Å²) in [6, 6.07) is 0.157. The third-order valence-electron chi connectivity index (χ3n) is 4.66. The van der Waals surface area contributed by atoms with Crippen molar-refractivity contribution >= 4 is 6.03 Å². The summed E-state index contributed by atoms with van der Waals surface area (Å²) in [5, 5.41) is 10.3. The van der Waals surface area contributed by atoms with Gasteiger partial charge < -0.3 is 15.4 Å². The van der Waals surface area contributed by atoms with Gasteiger partial charge in [-0.3, -0.25) is 0 Å². The Kier molecular flexibility index (Phi) is 5.32. The number of hydrogen-bond donors (Lipinski definition) is 2. The van der Waals surface area contributed by atoms with Crippen LogP contribution in [0, 0.1) is 18.8 Å². The number of amides is 2. The van der Waals surface area contributed by atoms with Crippen LogP contribution < -0.4 is 15.4 Å². The first-order valence-electron chi connectivity index (χ1n) is 8.03. The van der Waals surface area contributed by atoms with Gasteiger partial charge >= 0.3 is 6.03 Å². The highest BCUT2D eigenvalue weighted by atomic mass is 16.5. The van der Waals surface area contributed by atoms with Crippen molar-refractivity contribution in [3.63, 3.8) is 0 Å². The Morgan fingerprint density at radius 2 is 2.14 bits per heavy atom. The molecule has 2 N–H and O–H groups in total. The molecule has 1 aliphatic carbocycles. The normalized spacial score (nSPS) is 24.9. The molecule has 0 bridgehead atoms. The topological polar surface area (TPSA) is 68.2 Å². The van der Waals surface area contributed by atoms with E-state index in [1.165, 1.54) is 12.8 Å². The Morgan fingerprint density at radius 1 is 1.41 bits per heavy atom. The first-order valence-corrected chi connectivity index (χ1v) is 8.03. The SMILES string of the molecule is COc1c(CNC(=O)NC2CCC(C)CC2C)c(C)nn1C. The number of nitrogens with zero attached hydrogens (tertiary/aromatic N) is 2. The zero-order chi connectivity index (χ0) is 16.3. The van der Waals surface area contributed by atoms with Gasteiger partial charge in [0.05, 0.1) is 24.9 Å². The summed E-state index contributed by atoms with van der Waals surface area (Å²) in [7, 11) is 3.45. The third kappa shape index (κ3) is 3.72. The molecule has 1 aromatic rings. The van der Waals surface area contributed by atoms with Gasteiger partial charge in [0.15, 0.2) is 0 Å². The number of carbonyl (C=O) groups excluding carboxylic acids is 1. The van der Waals surface area contributed by atoms with Crippen LogP contribution in [0.4, 0.5) is 4.79 Å². The summed E-state index contributed by atoms with van der Waals surface area (Å²) >= 11 is 0. The zero-order valence-corrected chi connectivity index (χ0v) is 14.3. The lowest BCUT2D eigenvalue weighted by Gasteiger charge is -2.33. The summed E-state index contributed by atoms with van der Waals surface area (Å²) in [5.74, 6) is 1.99. The molecule has 1 fully saturated rings. The number of rotatable bonds is 4. The summed E-state index contributed by atoms with van der Waals surface area (Å²) in [6.07, 6.45) is 3.43. The fourth-order valence-electron chi connectivity index (χ4n) is 3.41. The first-order chi connectivity index (χ1) is 10.4. The highest BCUT2D eigenvalue weighted by molar-refractivity contribution is 5.74. The van der Waals surface area contributed by atoms with Crippen molar-refractivity contribution in [3.05, 3.63) is 11.3 Å². The standard InChI is InChI=1S/C16H28N4O2/c1-10-6-7-14(11(2)8-10)18-16(21)17-9-13-12(3)19-20(4)15(13)22-5/h10-11,14H,6-9H2,1-5H3,(H2,17,18,21). The Labute approximate surface area is 132 Å². The first kappa shape index (κ1) is 16.6. The Balaban J connectivity index is 1.88. The van der Waals surface area contributed by atoms with Gasteiger partial charge in [0.1, 0.15) is 0 Å². The molecular formula is C16H28N4O2. The molecule has 0 spiro atoms. The molecule has 0 saturated heterocycles. The highest BCUT2D eigenvalue weighted by Gasteiger charge is 2.26. The third-order valence-corrected chi connectivity index (χ3v) is 4.66. The fourth-order valence-corrected chi connectivity index (χ4v) is 3.41. The van der Waals surface area contributed by atoms with E-state index in [0.717, 1.165) is 23.6 Å². The van der Waals surface area contributed by atoms with E-state index < -0.39 is 0 Å². The van der Waals surface area contributed by atoms with Crippen LogP contribution in [0.5, 0.6) is 5.88 Å². The number of methoxy groups -OCH3 is 1. The van der Waals surface area contributed by atoms with E-state index in [0.29, 0.717) is 18.3 Å². The number of urea groups is 1. The monoisotopic (exact) mass is 308 g/mol. The fraction of sp³-hybridized carbons (Fsp3) is 0.750. The number of aromatic nitrogens is 2. The molecular weight excluding hydrogens is 280 g/mol. The van der Waals surface area contributed by atoms with Crippen molar-refractivity contribution in [1.29, 1.82) is 0 Å². The van der Waals surface area contributed by atoms with Gasteiger partial charge in [-0.25, -0.2) is 9.48 Å². The van der Waals surface area contributed by atoms with Crippen molar-refractivity contribution in [2.45, 2.75) is 52.6 Å². The molecule has 1 saturated carbocycles. The number of ether oxygens (including phenoxy) is 1. The molecule has 0 aromatic carbocycles. The summed E-state index contributed by atoms with van der Waals surface area (Å²) in [5.41, 5.74) is 1.80. The van der Waals surface area contributed by atoms with E-state index in [9.17, 15) is 4.79 Å². The molecule has 6 nitrogen and oxygen atoms in total. The van der Waals surface area contributed by atoms with E-state index in [1.54, 1.807) is 11.8 Å². The van der Waals surface area contributed by atoms with Crippen molar-refractivity contribution in [1.82, 2.24) is 20.4 Å². The van der Waals surface area contributed by atoms with E-state index in [2.05, 4.69) is 29.6 Å². The van der Waals surface area contributed by atoms with Crippen LogP contribution in [0.2, 0.25) is 0 Å². The number of nitrogens with one attached hydrogen (secondary N) is 2. The van der Waals surface area contributed by atoms with Gasteiger partial charge in [-0.05, 0) is 38.0 Å². The molecule has 6 heteroatoms. The van der Waals surface area contributed by atoms with Crippen LogP contribution in [0.3, 0.4) is 0 Å². The summed E-state index contributed by atoms with van der Waals surface area (Å²) in [4.78, 5) is 12.1. The van der Waals surface area contributed by atoms with Gasteiger partial charge in [-0.15, -0.1) is 0 Å². The molecule has 0 radical (unpaired) electrons. The second-order valence-electron chi connectivity index (χ2n) is 6.53. The lowest BCUT2D eigenvalue weighted by atomic mass is 9.80. The lowest BCUT2D eigenvalue weighted by molar-refractivity contribution is 0.206. The van der Waals surface area contributed by atoms with E-state index >= 15 is 0 Å². The van der Waals surface area contributed by atoms with Gasteiger partial charge in [0, 0.05) is 13.1 Å². The van der Waals surface area contributed by atoms with Crippen LogP contribution >= 0.6 is 0 Å². The minimum absolute atomic E-state index is 0.114. The second-order valence-corrected chi connectivity index (χ2v) is 6.53. The Morgan fingerprint density at radius 3 is 2.77 bits per heavy atom. The van der Waals surface area contributed by atoms with Crippen LogP contribution in [0.25, 0.3) is 0 Å². The molecule has 1 heterocycles. The number of aryl methyl sites for hydroxylation is 2. The maximum absolute atomic E-state index is 12.1. The summed E-state index contributed by atoms with van der Waals surface area (Å²) < 4.78 is 7.03. The molecule has 3 atom stereocenters. The predicted octanol–water partition coefficient (Wildman–Crippen LogP) is 2.36. The van der Waals surface area contributed by atoms with Crippen molar-refractivity contribution < 1.29 is 9.53 Å². The van der Waals surface area contributed by atoms with Crippen LogP contribution in [-0.4, -0.2) is 29.0 Å². The molecule has 3 unspecified atom stereocenters. The number of carbonyl (C=O) groups is 1. The minimum Gasteiger partial charge on any atom is -0.481 e. The molecule has 2 rings (SSSR count). The molecule has 22 heavy (non-hydrogen) atoms. The average Bonchev–Trinajstić information content (AvgIpc) is 2.73. The highest BCUT2D eigenvalue weighted by Crippen LogP contribution is 2.28. The van der Waals surface area contributed by atoms with Gasteiger partial charge in [-0.1, -0.05) is 13.8 Å².